The fraction of sp³-hybridized carbons (Fsp3) is 0.455. The van der Waals surface area contributed by atoms with E-state index >= 15 is 0 Å². The monoisotopic (exact) mass is 1200 g/mol. The second kappa shape index (κ2) is 34.9. The van der Waals surface area contributed by atoms with Crippen molar-refractivity contribution < 1.29 is 52.8 Å². The Morgan fingerprint density at radius 1 is 0.529 bits per heavy atom. The lowest BCUT2D eigenvalue weighted by Gasteiger charge is -2.27. The third-order valence-electron chi connectivity index (χ3n) is 15.1. The highest BCUT2D eigenvalue weighted by Gasteiger charge is 2.38. The number of phenols is 1. The first-order valence-electron chi connectivity index (χ1n) is 30.2. The Kier molecular flexibility index (Phi) is 28.3. The first kappa shape index (κ1) is 68.9. The summed E-state index contributed by atoms with van der Waals surface area (Å²) in [5, 5.41) is 20.6. The third-order valence-corrected chi connectivity index (χ3v) is 19.8. The number of phenolic OH excluding ortho intramolecular Hbond substituents is 1. The number of hydrogen-bond acceptors (Lipinski definition) is 9. The van der Waals surface area contributed by atoms with Gasteiger partial charge < -0.3 is 46.0 Å². The van der Waals surface area contributed by atoms with Crippen LogP contribution in [0, 0.1) is 17.8 Å². The van der Waals surface area contributed by atoms with Gasteiger partial charge in [-0.25, -0.2) is 0 Å². The van der Waals surface area contributed by atoms with Crippen molar-refractivity contribution in [1.29, 1.82) is 0 Å². The molecule has 5 aromatic carbocycles. The summed E-state index contributed by atoms with van der Waals surface area (Å²) in [6, 6.07) is 37.0. The fourth-order valence-corrected chi connectivity index (χ4v) is 14.5. The molecule has 1 aliphatic rings. The van der Waals surface area contributed by atoms with Crippen molar-refractivity contribution in [3.8, 4) is 5.75 Å². The Hall–Kier alpha value is -6.90. The molecule has 85 heavy (non-hydrogen) atoms. The van der Waals surface area contributed by atoms with Crippen LogP contribution in [0.4, 0.5) is 5.69 Å². The van der Waals surface area contributed by atoms with Crippen molar-refractivity contribution in [1.82, 2.24) is 25.8 Å². The SMILES string of the molecule is CCCN(CCC)C(=O)c1cccc(C(=O)N[C@@H](Cc2ccccc2)P(=O)(O)CC(C)C(=O)NCCC2CCCCC2)c1.CCCN(CCC)C(=O)c1cccc(C(=O)N[C@@H](Cc2ccccc2)P(=O)(O)CC(C)C(=O)Nc2ccc(O)cc2)c1. The van der Waals surface area contributed by atoms with Crippen molar-refractivity contribution >= 4 is 55.9 Å². The van der Waals surface area contributed by atoms with E-state index in [2.05, 4.69) is 21.3 Å². The lowest BCUT2D eigenvalue weighted by atomic mass is 9.87. The molecule has 17 nitrogen and oxygen atoms in total. The minimum Gasteiger partial charge on any atom is -0.508 e. The smallest absolute Gasteiger partial charge is 0.253 e. The van der Waals surface area contributed by atoms with Crippen molar-refractivity contribution in [2.75, 3.05) is 50.4 Å². The second-order valence-electron chi connectivity index (χ2n) is 22.4. The highest BCUT2D eigenvalue weighted by Crippen LogP contribution is 2.49. The van der Waals surface area contributed by atoms with E-state index in [-0.39, 0.29) is 59.8 Å². The Morgan fingerprint density at radius 3 is 1.34 bits per heavy atom. The Labute approximate surface area is 503 Å². The fourth-order valence-electron chi connectivity index (χ4n) is 10.5. The Balaban J connectivity index is 0.000000311. The van der Waals surface area contributed by atoms with E-state index < -0.39 is 55.9 Å². The summed E-state index contributed by atoms with van der Waals surface area (Å²) in [5.41, 5.74) is 3.20. The molecule has 0 heterocycles. The molecule has 0 radical (unpaired) electrons. The number of aromatic hydroxyl groups is 1. The number of rotatable bonds is 30. The highest BCUT2D eigenvalue weighted by molar-refractivity contribution is 7.59. The molecule has 0 saturated heterocycles. The molecule has 1 fully saturated rings. The summed E-state index contributed by atoms with van der Waals surface area (Å²) in [5.74, 6) is -5.28. The number of nitrogens with zero attached hydrogens (tertiary/aromatic N) is 2. The molecular formula is C66H90N6O11P2. The highest BCUT2D eigenvalue weighted by atomic mass is 31.2. The molecule has 0 bridgehead atoms. The van der Waals surface area contributed by atoms with E-state index in [1.54, 1.807) is 90.4 Å². The van der Waals surface area contributed by atoms with Crippen LogP contribution < -0.4 is 21.3 Å². The van der Waals surface area contributed by atoms with Crippen molar-refractivity contribution in [3.05, 3.63) is 167 Å². The van der Waals surface area contributed by atoms with Crippen LogP contribution in [-0.4, -0.2) is 117 Å². The van der Waals surface area contributed by atoms with Crippen LogP contribution in [0.15, 0.2) is 133 Å². The summed E-state index contributed by atoms with van der Waals surface area (Å²) in [6.45, 7) is 14.3. The Bertz CT molecular complexity index is 3020. The molecule has 1 saturated carbocycles. The van der Waals surface area contributed by atoms with Gasteiger partial charge >= 0.3 is 0 Å². The second-order valence-corrected chi connectivity index (χ2v) is 27.4. The molecule has 19 heteroatoms. The lowest BCUT2D eigenvalue weighted by molar-refractivity contribution is -0.124. The van der Waals surface area contributed by atoms with Gasteiger partial charge in [0.1, 0.15) is 17.3 Å². The molecule has 4 unspecified atom stereocenters. The molecule has 6 atom stereocenters. The summed E-state index contributed by atoms with van der Waals surface area (Å²) in [4.78, 5) is 105. The van der Waals surface area contributed by atoms with Crippen LogP contribution in [0.3, 0.4) is 0 Å². The maximum atomic E-state index is 13.8. The molecule has 6 amide bonds. The van der Waals surface area contributed by atoms with Crippen molar-refractivity contribution in [3.63, 3.8) is 0 Å². The molecule has 1 aliphatic carbocycles. The number of carbonyl (C=O) groups is 6. The average molecular weight is 1210 g/mol. The third kappa shape index (κ3) is 22.5. The number of anilines is 1. The quantitative estimate of drug-likeness (QED) is 0.0168. The van der Waals surface area contributed by atoms with E-state index in [0.29, 0.717) is 55.5 Å². The maximum absolute atomic E-state index is 13.8. The van der Waals surface area contributed by atoms with Crippen LogP contribution in [-0.2, 0) is 31.6 Å². The normalized spacial score (nSPS) is 15.2. The predicted molar refractivity (Wildman–Crippen MR) is 337 cm³/mol. The van der Waals surface area contributed by atoms with E-state index in [4.69, 9.17) is 0 Å². The lowest BCUT2D eigenvalue weighted by Crippen LogP contribution is -2.39. The first-order chi connectivity index (χ1) is 40.7. The van der Waals surface area contributed by atoms with Crippen molar-refractivity contribution in [2.45, 2.75) is 130 Å². The van der Waals surface area contributed by atoms with Gasteiger partial charge in [-0.3, -0.25) is 37.9 Å². The molecule has 0 spiro atoms. The summed E-state index contributed by atoms with van der Waals surface area (Å²) >= 11 is 0. The predicted octanol–water partition coefficient (Wildman–Crippen LogP) is 11.7. The molecule has 6 rings (SSSR count). The van der Waals surface area contributed by atoms with E-state index in [9.17, 15) is 52.8 Å². The van der Waals surface area contributed by atoms with Crippen LogP contribution in [0.25, 0.3) is 0 Å². The van der Waals surface area contributed by atoms with Gasteiger partial charge in [0, 0.05) is 97.7 Å². The number of nitrogens with one attached hydrogen (secondary N) is 4. The summed E-state index contributed by atoms with van der Waals surface area (Å²) in [7, 11) is -8.18. The largest absolute Gasteiger partial charge is 0.508 e. The average Bonchev–Trinajstić information content (AvgIpc) is 3.70. The molecule has 0 aromatic heterocycles. The van der Waals surface area contributed by atoms with Gasteiger partial charge in [0.15, 0.2) is 0 Å². The van der Waals surface area contributed by atoms with Crippen LogP contribution in [0.5, 0.6) is 5.75 Å². The number of amides is 6. The van der Waals surface area contributed by atoms with Gasteiger partial charge in [0.25, 0.3) is 23.6 Å². The topological polar surface area (TPSA) is 252 Å². The van der Waals surface area contributed by atoms with E-state index in [1.807, 2.05) is 64.1 Å². The minimum absolute atomic E-state index is 0.0505. The molecule has 5 aromatic rings. The minimum atomic E-state index is -4.14. The zero-order valence-corrected chi connectivity index (χ0v) is 52.2. The van der Waals surface area contributed by atoms with Crippen LogP contribution in [0.1, 0.15) is 158 Å². The van der Waals surface area contributed by atoms with Gasteiger partial charge in [0.05, 0.1) is 0 Å². The van der Waals surface area contributed by atoms with E-state index in [1.165, 1.54) is 62.4 Å². The van der Waals surface area contributed by atoms with Gasteiger partial charge in [-0.15, -0.1) is 0 Å². The van der Waals surface area contributed by atoms with Gasteiger partial charge in [-0.05, 0) is 110 Å². The zero-order chi connectivity index (χ0) is 61.9. The maximum Gasteiger partial charge on any atom is 0.253 e. The molecule has 0 aliphatic heterocycles. The molecule has 7 N–H and O–H groups in total. The number of carbonyl (C=O) groups excluding carboxylic acids is 6. The molecular weight excluding hydrogens is 1110 g/mol. The Morgan fingerprint density at radius 2 is 0.929 bits per heavy atom. The van der Waals surface area contributed by atoms with Crippen LogP contribution in [0.2, 0.25) is 0 Å². The molecule has 460 valence electrons. The van der Waals surface area contributed by atoms with Crippen molar-refractivity contribution in [2.24, 2.45) is 17.8 Å². The summed E-state index contributed by atoms with van der Waals surface area (Å²) in [6.07, 6.45) is 9.97. The first-order valence-corrected chi connectivity index (χ1v) is 34.0. The van der Waals surface area contributed by atoms with Crippen LogP contribution >= 0.6 is 14.7 Å². The number of benzene rings is 5. The van der Waals surface area contributed by atoms with Gasteiger partial charge in [-0.1, -0.05) is 146 Å². The summed E-state index contributed by atoms with van der Waals surface area (Å²) < 4.78 is 27.6. The number of hydrogen-bond donors (Lipinski definition) is 7. The van der Waals surface area contributed by atoms with Gasteiger partial charge in [0.2, 0.25) is 26.6 Å². The standard InChI is InChI=1S/C34H50N3O5P.C32H40N3O6P/c1-4-21-37(22-5-2)34(40)30-18-12-17-29(24-30)33(39)36-31(23-28-15-10-7-11-16-28)43(41,42)25-26(3)32(38)35-20-19-27-13-8-6-9-14-27;1-4-18-35(19-5-2)32(39)26-13-9-12-25(21-26)31(38)34-29(20-24-10-7-6-8-11-24)42(40,41)22-23(3)30(37)33-27-14-16-28(36)17-15-27/h7,10-12,15-18,24,26-27,31H,4-6,8-9,13-14,19-23,25H2,1-3H3,(H,35,38)(H,36,39)(H,41,42);6-17,21,23,29,36H,4-5,18-20,22H2,1-3H3,(H,33,37)(H,34,38)(H,40,41)/t26?,31-;23?,29-/m11/s1. The van der Waals surface area contributed by atoms with Gasteiger partial charge in [-0.2, -0.15) is 0 Å². The van der Waals surface area contributed by atoms with E-state index in [0.717, 1.165) is 43.2 Å². The zero-order valence-electron chi connectivity index (χ0n) is 50.4.